The molecule has 4 nitrogen and oxygen atoms in total. The number of aromatic nitrogens is 3. The largest absolute Gasteiger partial charge is 0.383 e. The number of hydrogen-bond acceptors (Lipinski definition) is 3. The quantitative estimate of drug-likeness (QED) is 0.806. The van der Waals surface area contributed by atoms with Gasteiger partial charge in [0.15, 0.2) is 0 Å². The molecule has 5 heteroatoms. The lowest BCUT2D eigenvalue weighted by atomic mass is 10.4. The zero-order valence-corrected chi connectivity index (χ0v) is 8.85. The Morgan fingerprint density at radius 3 is 3.07 bits per heavy atom. The molecule has 0 aliphatic heterocycles. The second-order valence-corrected chi connectivity index (χ2v) is 3.45. The zero-order valence-electron chi connectivity index (χ0n) is 8.10. The highest BCUT2D eigenvalue weighted by molar-refractivity contribution is 6.29. The predicted molar refractivity (Wildman–Crippen MR) is 60.0 cm³/mol. The van der Waals surface area contributed by atoms with Crippen molar-refractivity contribution in [2.45, 2.75) is 6.54 Å². The van der Waals surface area contributed by atoms with Crippen LogP contribution in [-0.4, -0.2) is 21.3 Å². The van der Waals surface area contributed by atoms with Gasteiger partial charge in [-0.15, -0.1) is 0 Å². The minimum absolute atomic E-state index is 0.499. The molecule has 2 rings (SSSR count). The third-order valence-electron chi connectivity index (χ3n) is 1.96. The first-order valence-electron chi connectivity index (χ1n) is 4.67. The van der Waals surface area contributed by atoms with Gasteiger partial charge in [-0.2, -0.15) is 5.10 Å². The van der Waals surface area contributed by atoms with Crippen LogP contribution < -0.4 is 5.32 Å². The molecular formula is C10H11ClN4. The first-order chi connectivity index (χ1) is 7.34. The van der Waals surface area contributed by atoms with Crippen molar-refractivity contribution in [2.75, 3.05) is 11.9 Å². The summed E-state index contributed by atoms with van der Waals surface area (Å²) in [5.41, 5.74) is 0.974. The number of halogens is 1. The topological polar surface area (TPSA) is 42.7 Å². The van der Waals surface area contributed by atoms with Crippen LogP contribution in [0.3, 0.4) is 0 Å². The smallest absolute Gasteiger partial charge is 0.131 e. The normalized spacial score (nSPS) is 10.2. The van der Waals surface area contributed by atoms with E-state index in [9.17, 15) is 0 Å². The van der Waals surface area contributed by atoms with Gasteiger partial charge in [0.25, 0.3) is 0 Å². The van der Waals surface area contributed by atoms with Gasteiger partial charge in [-0.25, -0.2) is 4.98 Å². The number of nitrogens with one attached hydrogen (secondary N) is 1. The molecule has 2 aromatic heterocycles. The maximum atomic E-state index is 5.75. The van der Waals surface area contributed by atoms with Gasteiger partial charge in [-0.3, -0.25) is 4.68 Å². The van der Waals surface area contributed by atoms with Crippen LogP contribution >= 0.6 is 11.6 Å². The summed E-state index contributed by atoms with van der Waals surface area (Å²) in [5.74, 6) is 0. The molecule has 0 aliphatic carbocycles. The molecule has 0 unspecified atom stereocenters. The van der Waals surface area contributed by atoms with Crippen LogP contribution in [0.15, 0.2) is 36.8 Å². The predicted octanol–water partition coefficient (Wildman–Crippen LogP) is 2.04. The molecule has 0 spiro atoms. The Hall–Kier alpha value is -1.55. The van der Waals surface area contributed by atoms with Gasteiger partial charge >= 0.3 is 0 Å². The lowest BCUT2D eigenvalue weighted by Crippen LogP contribution is -2.10. The Labute approximate surface area is 92.9 Å². The highest BCUT2D eigenvalue weighted by Crippen LogP contribution is 2.11. The molecule has 0 aliphatic rings. The third-order valence-corrected chi connectivity index (χ3v) is 2.16. The molecule has 0 atom stereocenters. The molecule has 78 valence electrons. The van der Waals surface area contributed by atoms with Crippen LogP contribution in [0.1, 0.15) is 0 Å². The van der Waals surface area contributed by atoms with E-state index in [1.54, 1.807) is 18.5 Å². The van der Waals surface area contributed by atoms with Crippen molar-refractivity contribution in [2.24, 2.45) is 0 Å². The van der Waals surface area contributed by atoms with E-state index in [2.05, 4.69) is 15.4 Å². The Morgan fingerprint density at radius 2 is 2.33 bits per heavy atom. The molecule has 0 radical (unpaired) electrons. The second kappa shape index (κ2) is 4.79. The van der Waals surface area contributed by atoms with Gasteiger partial charge < -0.3 is 5.32 Å². The van der Waals surface area contributed by atoms with Crippen molar-refractivity contribution in [3.8, 4) is 0 Å². The van der Waals surface area contributed by atoms with Crippen LogP contribution in [-0.2, 0) is 6.54 Å². The van der Waals surface area contributed by atoms with Gasteiger partial charge in [-0.1, -0.05) is 11.6 Å². The fourth-order valence-electron chi connectivity index (χ4n) is 1.26. The summed E-state index contributed by atoms with van der Waals surface area (Å²) in [7, 11) is 0. The van der Waals surface area contributed by atoms with Crippen LogP contribution in [0.25, 0.3) is 0 Å². The first kappa shape index (κ1) is 9.98. The summed E-state index contributed by atoms with van der Waals surface area (Å²) in [6.07, 6.45) is 5.38. The molecule has 2 heterocycles. The number of anilines is 1. The molecular weight excluding hydrogens is 212 g/mol. The van der Waals surface area contributed by atoms with E-state index in [0.29, 0.717) is 5.15 Å². The molecule has 15 heavy (non-hydrogen) atoms. The van der Waals surface area contributed by atoms with Crippen molar-refractivity contribution < 1.29 is 0 Å². The average Bonchev–Trinajstić information content (AvgIpc) is 2.71. The molecule has 0 saturated carbocycles. The van der Waals surface area contributed by atoms with Gasteiger partial charge in [0.2, 0.25) is 0 Å². The minimum atomic E-state index is 0.499. The highest BCUT2D eigenvalue weighted by Gasteiger charge is 1.94. The van der Waals surface area contributed by atoms with Crippen molar-refractivity contribution in [1.29, 1.82) is 0 Å². The first-order valence-corrected chi connectivity index (χ1v) is 5.05. The van der Waals surface area contributed by atoms with E-state index >= 15 is 0 Å². The SMILES string of the molecule is Clc1cc(NCCn2cccn2)ccn1. The van der Waals surface area contributed by atoms with Gasteiger partial charge in [0.1, 0.15) is 5.15 Å². The number of nitrogens with zero attached hydrogens (tertiary/aromatic N) is 3. The van der Waals surface area contributed by atoms with Crippen LogP contribution in [0.5, 0.6) is 0 Å². The van der Waals surface area contributed by atoms with E-state index in [0.717, 1.165) is 18.8 Å². The van der Waals surface area contributed by atoms with E-state index in [4.69, 9.17) is 11.6 Å². The van der Waals surface area contributed by atoms with E-state index in [1.165, 1.54) is 0 Å². The molecule has 0 saturated heterocycles. The molecule has 0 aromatic carbocycles. The molecule has 2 aromatic rings. The molecule has 1 N–H and O–H groups in total. The van der Waals surface area contributed by atoms with E-state index in [1.807, 2.05) is 23.0 Å². The lowest BCUT2D eigenvalue weighted by Gasteiger charge is -2.06. The maximum Gasteiger partial charge on any atom is 0.131 e. The van der Waals surface area contributed by atoms with Gasteiger partial charge in [0.05, 0.1) is 6.54 Å². The van der Waals surface area contributed by atoms with Crippen molar-refractivity contribution >= 4 is 17.3 Å². The number of rotatable bonds is 4. The van der Waals surface area contributed by atoms with Gasteiger partial charge in [0, 0.05) is 30.8 Å². The Kier molecular flexibility index (Phi) is 3.19. The standard InChI is InChI=1S/C10H11ClN4/c11-10-8-9(2-4-13-10)12-5-7-15-6-1-3-14-15/h1-4,6,8H,5,7H2,(H,12,13). The van der Waals surface area contributed by atoms with Crippen LogP contribution in [0, 0.1) is 0 Å². The fourth-order valence-corrected chi connectivity index (χ4v) is 1.43. The summed E-state index contributed by atoms with van der Waals surface area (Å²) in [6.45, 7) is 1.63. The Balaban J connectivity index is 1.83. The van der Waals surface area contributed by atoms with Crippen molar-refractivity contribution in [1.82, 2.24) is 14.8 Å². The monoisotopic (exact) mass is 222 g/mol. The molecule has 0 bridgehead atoms. The van der Waals surface area contributed by atoms with E-state index in [-0.39, 0.29) is 0 Å². The highest BCUT2D eigenvalue weighted by atomic mass is 35.5. The number of pyridine rings is 1. The third kappa shape index (κ3) is 2.95. The second-order valence-electron chi connectivity index (χ2n) is 3.06. The summed E-state index contributed by atoms with van der Waals surface area (Å²) in [4.78, 5) is 3.91. The maximum absolute atomic E-state index is 5.75. The average molecular weight is 223 g/mol. The molecule has 0 amide bonds. The minimum Gasteiger partial charge on any atom is -0.383 e. The van der Waals surface area contributed by atoms with Crippen LogP contribution in [0.2, 0.25) is 5.15 Å². The molecule has 0 fully saturated rings. The van der Waals surface area contributed by atoms with E-state index < -0.39 is 0 Å². The van der Waals surface area contributed by atoms with Crippen LogP contribution in [0.4, 0.5) is 5.69 Å². The fraction of sp³-hybridized carbons (Fsp3) is 0.200. The van der Waals surface area contributed by atoms with Crippen molar-refractivity contribution in [3.63, 3.8) is 0 Å². The lowest BCUT2D eigenvalue weighted by molar-refractivity contribution is 0.638. The summed E-state index contributed by atoms with van der Waals surface area (Å²) in [5, 5.41) is 7.84. The summed E-state index contributed by atoms with van der Waals surface area (Å²) < 4.78 is 1.87. The van der Waals surface area contributed by atoms with Gasteiger partial charge in [-0.05, 0) is 18.2 Å². The Morgan fingerprint density at radius 1 is 1.40 bits per heavy atom. The number of hydrogen-bond donors (Lipinski definition) is 1. The summed E-state index contributed by atoms with van der Waals surface area (Å²) in [6, 6.07) is 5.59. The van der Waals surface area contributed by atoms with Crippen molar-refractivity contribution in [3.05, 3.63) is 41.9 Å². The Bertz CT molecular complexity index is 413. The summed E-state index contributed by atoms with van der Waals surface area (Å²) >= 11 is 5.75. The zero-order chi connectivity index (χ0) is 10.5.